The quantitative estimate of drug-likeness (QED) is 0.663. The van der Waals surface area contributed by atoms with Gasteiger partial charge in [-0.05, 0) is 25.1 Å². The molecule has 2 aliphatic rings. The minimum atomic E-state index is -1.08. The number of carbonyl (C=O) groups excluding carboxylic acids is 1. The molecule has 4 rings (SSSR count). The summed E-state index contributed by atoms with van der Waals surface area (Å²) in [7, 11) is 0. The number of rotatable bonds is 0. The third-order valence-electron chi connectivity index (χ3n) is 4.41. The maximum atomic E-state index is 12.2. The molecule has 22 heavy (non-hydrogen) atoms. The molecule has 6 heteroatoms. The molecular formula is C16H17N3O3. The first kappa shape index (κ1) is 13.5. The highest BCUT2D eigenvalue weighted by atomic mass is 16.3. The normalized spacial score (nSPS) is 27.3. The van der Waals surface area contributed by atoms with Crippen molar-refractivity contribution in [3.63, 3.8) is 0 Å². The number of fused-ring (bicyclic) bond motifs is 4. The average Bonchev–Trinajstić information content (AvgIpc) is 2.84. The van der Waals surface area contributed by atoms with E-state index in [2.05, 4.69) is 10.3 Å². The zero-order valence-electron chi connectivity index (χ0n) is 12.2. The minimum absolute atomic E-state index is 0.276. The summed E-state index contributed by atoms with van der Waals surface area (Å²) in [6, 6.07) is 7.29. The molecule has 0 aliphatic carbocycles. The highest BCUT2D eigenvalue weighted by Crippen LogP contribution is 2.35. The van der Waals surface area contributed by atoms with Gasteiger partial charge in [-0.2, -0.15) is 0 Å². The fourth-order valence-electron chi connectivity index (χ4n) is 3.34. The second-order valence-electron chi connectivity index (χ2n) is 6.07. The van der Waals surface area contributed by atoms with Gasteiger partial charge >= 0.3 is 0 Å². The van der Waals surface area contributed by atoms with Crippen LogP contribution in [-0.2, 0) is 4.79 Å². The van der Waals surface area contributed by atoms with E-state index in [0.29, 0.717) is 24.3 Å². The molecule has 2 aliphatic heterocycles. The maximum Gasteiger partial charge on any atom is 0.245 e. The number of pyridine rings is 1. The summed E-state index contributed by atoms with van der Waals surface area (Å²) in [6.07, 6.45) is -1.29. The van der Waals surface area contributed by atoms with E-state index in [1.54, 1.807) is 4.90 Å². The minimum Gasteiger partial charge on any atom is -0.391 e. The van der Waals surface area contributed by atoms with E-state index in [9.17, 15) is 15.0 Å². The van der Waals surface area contributed by atoms with E-state index in [1.807, 2.05) is 31.2 Å². The average molecular weight is 299 g/mol. The maximum absolute atomic E-state index is 12.2. The predicted molar refractivity (Wildman–Crippen MR) is 81.3 cm³/mol. The number of nitrogens with zero attached hydrogens (tertiary/aromatic N) is 2. The van der Waals surface area contributed by atoms with Crippen LogP contribution in [0.3, 0.4) is 0 Å². The van der Waals surface area contributed by atoms with Crippen LogP contribution >= 0.6 is 0 Å². The Morgan fingerprint density at radius 1 is 1.32 bits per heavy atom. The van der Waals surface area contributed by atoms with Crippen LogP contribution in [0.25, 0.3) is 10.9 Å². The van der Waals surface area contributed by atoms with Crippen LogP contribution in [0.15, 0.2) is 24.3 Å². The van der Waals surface area contributed by atoms with Crippen LogP contribution < -0.4 is 10.2 Å². The van der Waals surface area contributed by atoms with Crippen LogP contribution in [0.1, 0.15) is 23.8 Å². The van der Waals surface area contributed by atoms with Crippen molar-refractivity contribution in [2.75, 3.05) is 11.4 Å². The number of aliphatic hydroxyl groups is 2. The van der Waals surface area contributed by atoms with Gasteiger partial charge in [-0.25, -0.2) is 4.98 Å². The first-order valence-corrected chi connectivity index (χ1v) is 7.37. The molecule has 6 nitrogen and oxygen atoms in total. The molecule has 0 radical (unpaired) electrons. The van der Waals surface area contributed by atoms with Gasteiger partial charge in [-0.3, -0.25) is 4.79 Å². The number of hydrogen-bond acceptors (Lipinski definition) is 5. The lowest BCUT2D eigenvalue weighted by molar-refractivity contribution is -0.125. The SMILES string of the molecule is Cc1ccc2nc3c(cc2c1)[C@@H](O)NC(=O)[C@H]1C[C@H](O)CN31. The van der Waals surface area contributed by atoms with Crippen molar-refractivity contribution in [1.82, 2.24) is 10.3 Å². The third-order valence-corrected chi connectivity index (χ3v) is 4.41. The smallest absolute Gasteiger partial charge is 0.245 e. The third kappa shape index (κ3) is 1.95. The van der Waals surface area contributed by atoms with Gasteiger partial charge in [-0.15, -0.1) is 0 Å². The van der Waals surface area contributed by atoms with E-state index in [1.165, 1.54) is 0 Å². The molecule has 1 aromatic heterocycles. The Hall–Kier alpha value is -2.18. The molecule has 0 unspecified atom stereocenters. The van der Waals surface area contributed by atoms with Crippen LogP contribution in [-0.4, -0.2) is 39.8 Å². The lowest BCUT2D eigenvalue weighted by Crippen LogP contribution is -2.41. The summed E-state index contributed by atoms with van der Waals surface area (Å²) in [4.78, 5) is 18.7. The fourth-order valence-corrected chi connectivity index (χ4v) is 3.34. The molecule has 1 amide bonds. The van der Waals surface area contributed by atoms with Crippen molar-refractivity contribution in [3.05, 3.63) is 35.4 Å². The number of anilines is 1. The summed E-state index contributed by atoms with van der Waals surface area (Å²) < 4.78 is 0. The van der Waals surface area contributed by atoms with E-state index >= 15 is 0 Å². The highest BCUT2D eigenvalue weighted by Gasteiger charge is 2.41. The molecule has 3 N–H and O–H groups in total. The van der Waals surface area contributed by atoms with Crippen LogP contribution in [0.4, 0.5) is 5.82 Å². The zero-order valence-corrected chi connectivity index (χ0v) is 12.2. The molecule has 0 spiro atoms. The number of amides is 1. The Kier molecular flexibility index (Phi) is 2.85. The van der Waals surface area contributed by atoms with E-state index in [-0.39, 0.29) is 5.91 Å². The van der Waals surface area contributed by atoms with Crippen molar-refractivity contribution < 1.29 is 15.0 Å². The van der Waals surface area contributed by atoms with Gasteiger partial charge in [0.1, 0.15) is 11.9 Å². The molecule has 3 heterocycles. The van der Waals surface area contributed by atoms with Crippen molar-refractivity contribution in [1.29, 1.82) is 0 Å². The Morgan fingerprint density at radius 3 is 2.95 bits per heavy atom. The van der Waals surface area contributed by atoms with Gasteiger partial charge < -0.3 is 20.4 Å². The van der Waals surface area contributed by atoms with Crippen LogP contribution in [0, 0.1) is 6.92 Å². The summed E-state index contributed by atoms with van der Waals surface area (Å²) in [6.45, 7) is 2.35. The second kappa shape index (κ2) is 4.66. The highest BCUT2D eigenvalue weighted by molar-refractivity contribution is 5.90. The molecule has 1 aromatic carbocycles. The van der Waals surface area contributed by atoms with Crippen molar-refractivity contribution >= 4 is 22.6 Å². The van der Waals surface area contributed by atoms with Crippen LogP contribution in [0.2, 0.25) is 0 Å². The first-order chi connectivity index (χ1) is 10.5. The molecule has 114 valence electrons. The molecular weight excluding hydrogens is 282 g/mol. The monoisotopic (exact) mass is 299 g/mol. The molecule has 1 fully saturated rings. The lowest BCUT2D eigenvalue weighted by Gasteiger charge is -2.23. The van der Waals surface area contributed by atoms with Crippen molar-refractivity contribution in [2.45, 2.75) is 31.7 Å². The molecule has 0 bridgehead atoms. The lowest BCUT2D eigenvalue weighted by atomic mass is 10.1. The number of benzene rings is 1. The standard InChI is InChI=1S/C16H17N3O3/c1-8-2-3-12-9(4-8)5-11-14(17-12)19-7-10(20)6-13(19)16(22)18-15(11)21/h2-5,10,13,15,20-21H,6-7H2,1H3,(H,18,22)/t10-,13+,15+/m0/s1. The van der Waals surface area contributed by atoms with E-state index in [0.717, 1.165) is 16.5 Å². The van der Waals surface area contributed by atoms with Gasteiger partial charge in [0, 0.05) is 23.9 Å². The first-order valence-electron chi connectivity index (χ1n) is 7.37. The number of aryl methyl sites for hydroxylation is 1. The van der Waals surface area contributed by atoms with Gasteiger partial charge in [0.05, 0.1) is 11.6 Å². The number of nitrogens with one attached hydrogen (secondary N) is 1. The van der Waals surface area contributed by atoms with Crippen molar-refractivity contribution in [2.24, 2.45) is 0 Å². The van der Waals surface area contributed by atoms with Gasteiger partial charge in [0.15, 0.2) is 6.23 Å². The predicted octanol–water partition coefficient (Wildman–Crippen LogP) is 0.604. The van der Waals surface area contributed by atoms with Crippen molar-refractivity contribution in [3.8, 4) is 0 Å². The van der Waals surface area contributed by atoms with E-state index in [4.69, 9.17) is 0 Å². The summed E-state index contributed by atoms with van der Waals surface area (Å²) in [5.74, 6) is 0.297. The zero-order chi connectivity index (χ0) is 15.4. The second-order valence-corrected chi connectivity index (χ2v) is 6.07. The number of carbonyl (C=O) groups is 1. The Balaban J connectivity index is 1.94. The fraction of sp³-hybridized carbons (Fsp3) is 0.375. The van der Waals surface area contributed by atoms with Gasteiger partial charge in [0.25, 0.3) is 0 Å². The summed E-state index contributed by atoms with van der Waals surface area (Å²) in [5.41, 5.74) is 2.49. The topological polar surface area (TPSA) is 85.7 Å². The molecule has 1 saturated heterocycles. The molecule has 0 saturated carbocycles. The number of aromatic nitrogens is 1. The molecule has 3 atom stereocenters. The Labute approximate surface area is 127 Å². The largest absolute Gasteiger partial charge is 0.391 e. The number of aliphatic hydroxyl groups excluding tert-OH is 2. The summed E-state index contributed by atoms with van der Waals surface area (Å²) >= 11 is 0. The van der Waals surface area contributed by atoms with Gasteiger partial charge in [-0.1, -0.05) is 11.6 Å². The van der Waals surface area contributed by atoms with Gasteiger partial charge in [0.2, 0.25) is 5.91 Å². The van der Waals surface area contributed by atoms with Crippen LogP contribution in [0.5, 0.6) is 0 Å². The Bertz CT molecular complexity index is 777. The Morgan fingerprint density at radius 2 is 2.14 bits per heavy atom. The molecule has 2 aromatic rings. The van der Waals surface area contributed by atoms with E-state index < -0.39 is 18.4 Å². The summed E-state index contributed by atoms with van der Waals surface area (Å²) in [5, 5.41) is 23.7. The number of hydrogen-bond donors (Lipinski definition) is 3.